The number of nitrogens with zero attached hydrogens (tertiary/aromatic N) is 3. The van der Waals surface area contributed by atoms with Crippen LogP contribution >= 0.6 is 0 Å². The van der Waals surface area contributed by atoms with Crippen LogP contribution in [0.1, 0.15) is 22.9 Å². The third-order valence-electron chi connectivity index (χ3n) is 3.95. The van der Waals surface area contributed by atoms with Crippen LogP contribution in [0, 0.1) is 0 Å². The van der Waals surface area contributed by atoms with E-state index < -0.39 is 28.1 Å². The Morgan fingerprint density at radius 3 is 2.46 bits per heavy atom. The van der Waals surface area contributed by atoms with E-state index in [2.05, 4.69) is 14.9 Å². The van der Waals surface area contributed by atoms with Crippen molar-refractivity contribution in [1.29, 1.82) is 0 Å². The lowest BCUT2D eigenvalue weighted by molar-refractivity contribution is -0.154. The molecule has 0 N–H and O–H groups in total. The Balaban J connectivity index is 1.66. The van der Waals surface area contributed by atoms with Crippen LogP contribution in [0.2, 0.25) is 0 Å². The molecular formula is C16H16F3N3O3S. The highest BCUT2D eigenvalue weighted by Crippen LogP contribution is 2.35. The van der Waals surface area contributed by atoms with Crippen molar-refractivity contribution in [2.45, 2.75) is 24.4 Å². The maximum absolute atomic E-state index is 12.7. The molecule has 0 amide bonds. The number of aromatic nitrogens is 2. The highest BCUT2D eigenvalue weighted by molar-refractivity contribution is 7.89. The van der Waals surface area contributed by atoms with E-state index in [4.69, 9.17) is 0 Å². The molecule has 0 bridgehead atoms. The molecule has 1 aliphatic rings. The van der Waals surface area contributed by atoms with E-state index in [1.807, 2.05) is 6.07 Å². The Morgan fingerprint density at radius 1 is 1.12 bits per heavy atom. The van der Waals surface area contributed by atoms with E-state index in [1.165, 1.54) is 16.4 Å². The van der Waals surface area contributed by atoms with Gasteiger partial charge in [0.15, 0.2) is 6.61 Å². The minimum Gasteiger partial charge on any atom is -0.467 e. The summed E-state index contributed by atoms with van der Waals surface area (Å²) < 4.78 is 67.5. The summed E-state index contributed by atoms with van der Waals surface area (Å²) >= 11 is 0. The number of hydrogen-bond acceptors (Lipinski definition) is 5. The summed E-state index contributed by atoms with van der Waals surface area (Å²) in [5.74, 6) is -0.266. The molecule has 0 aliphatic carbocycles. The number of benzene rings is 1. The van der Waals surface area contributed by atoms with Crippen molar-refractivity contribution in [3.8, 4) is 5.88 Å². The van der Waals surface area contributed by atoms with Crippen molar-refractivity contribution in [3.05, 3.63) is 53.7 Å². The summed E-state index contributed by atoms with van der Waals surface area (Å²) in [5, 5.41) is 6.71. The molecule has 0 spiro atoms. The zero-order chi connectivity index (χ0) is 18.8. The normalized spacial score (nSPS) is 20.2. The van der Waals surface area contributed by atoms with Crippen LogP contribution in [-0.4, -0.2) is 42.2 Å². The summed E-state index contributed by atoms with van der Waals surface area (Å²) in [4.78, 5) is 0. The standard InChI is InChI=1S/C16H16F3N3O3S/c17-16(18,19)11-25-15-7-6-13(20-21-15)10-22-9-8-14(26(22,23)24)12-4-2-1-3-5-12/h1-7,14H,8-11H2. The van der Waals surface area contributed by atoms with Gasteiger partial charge in [-0.25, -0.2) is 8.42 Å². The number of halogens is 3. The number of rotatable bonds is 5. The molecule has 3 rings (SSSR count). The molecule has 1 aliphatic heterocycles. The van der Waals surface area contributed by atoms with Crippen molar-refractivity contribution >= 4 is 10.0 Å². The fourth-order valence-corrected chi connectivity index (χ4v) is 4.67. The second-order valence-corrected chi connectivity index (χ2v) is 7.95. The second-order valence-electron chi connectivity index (χ2n) is 5.83. The largest absolute Gasteiger partial charge is 0.467 e. The molecule has 1 fully saturated rings. The van der Waals surface area contributed by atoms with Gasteiger partial charge >= 0.3 is 6.18 Å². The summed E-state index contributed by atoms with van der Waals surface area (Å²) in [6.07, 6.45) is -4.00. The van der Waals surface area contributed by atoms with Gasteiger partial charge in [0.05, 0.1) is 12.2 Å². The lowest BCUT2D eigenvalue weighted by Crippen LogP contribution is -2.27. The Kier molecular flexibility index (Phi) is 5.15. The maximum atomic E-state index is 12.7. The van der Waals surface area contributed by atoms with Gasteiger partial charge in [0.25, 0.3) is 0 Å². The van der Waals surface area contributed by atoms with Crippen molar-refractivity contribution in [2.75, 3.05) is 13.2 Å². The van der Waals surface area contributed by atoms with E-state index in [9.17, 15) is 21.6 Å². The maximum Gasteiger partial charge on any atom is 0.422 e. The van der Waals surface area contributed by atoms with Gasteiger partial charge < -0.3 is 4.74 Å². The highest BCUT2D eigenvalue weighted by atomic mass is 32.2. The summed E-state index contributed by atoms with van der Waals surface area (Å²) in [6.45, 7) is -1.10. The molecule has 2 aromatic rings. The second kappa shape index (κ2) is 7.20. The Hall–Kier alpha value is -2.20. The van der Waals surface area contributed by atoms with Crippen LogP contribution in [0.15, 0.2) is 42.5 Å². The topological polar surface area (TPSA) is 72.4 Å². The van der Waals surface area contributed by atoms with E-state index in [1.54, 1.807) is 24.3 Å². The summed E-state index contributed by atoms with van der Waals surface area (Å²) in [7, 11) is -3.53. The van der Waals surface area contributed by atoms with E-state index >= 15 is 0 Å². The lowest BCUT2D eigenvalue weighted by Gasteiger charge is -2.16. The molecule has 1 saturated heterocycles. The first-order chi connectivity index (χ1) is 12.3. The van der Waals surface area contributed by atoms with Crippen LogP contribution in [-0.2, 0) is 16.6 Å². The van der Waals surface area contributed by atoms with Crippen molar-refractivity contribution in [3.63, 3.8) is 0 Å². The van der Waals surface area contributed by atoms with Gasteiger partial charge in [0, 0.05) is 12.6 Å². The van der Waals surface area contributed by atoms with Gasteiger partial charge in [-0.3, -0.25) is 0 Å². The number of sulfonamides is 1. The average molecular weight is 387 g/mol. The number of hydrogen-bond donors (Lipinski definition) is 0. The molecular weight excluding hydrogens is 371 g/mol. The first-order valence-electron chi connectivity index (χ1n) is 7.82. The number of alkyl halides is 3. The molecule has 1 unspecified atom stereocenters. The van der Waals surface area contributed by atoms with E-state index in [-0.39, 0.29) is 12.4 Å². The molecule has 0 radical (unpaired) electrons. The van der Waals surface area contributed by atoms with Crippen molar-refractivity contribution in [2.24, 2.45) is 0 Å². The highest BCUT2D eigenvalue weighted by Gasteiger charge is 2.39. The molecule has 1 aromatic heterocycles. The molecule has 6 nitrogen and oxygen atoms in total. The van der Waals surface area contributed by atoms with Crippen molar-refractivity contribution in [1.82, 2.24) is 14.5 Å². The quantitative estimate of drug-likeness (QED) is 0.789. The number of ether oxygens (including phenoxy) is 1. The molecule has 1 aromatic carbocycles. The van der Waals surface area contributed by atoms with Gasteiger partial charge in [-0.15, -0.1) is 5.10 Å². The predicted octanol–water partition coefficient (Wildman–Crippen LogP) is 2.69. The molecule has 0 saturated carbocycles. The van der Waals surface area contributed by atoms with Crippen LogP contribution in [0.4, 0.5) is 13.2 Å². The minimum atomic E-state index is -4.46. The predicted molar refractivity (Wildman–Crippen MR) is 86.7 cm³/mol. The van der Waals surface area contributed by atoms with Crippen LogP contribution < -0.4 is 4.74 Å². The van der Waals surface area contributed by atoms with Gasteiger partial charge in [-0.05, 0) is 18.1 Å². The van der Waals surface area contributed by atoms with Gasteiger partial charge in [-0.2, -0.15) is 22.6 Å². The fourth-order valence-electron chi connectivity index (χ4n) is 2.74. The summed E-state index contributed by atoms with van der Waals surface area (Å²) in [5.41, 5.74) is 1.07. The SMILES string of the molecule is O=S1(=O)C(c2ccccc2)CCN1Cc1ccc(OCC(F)(F)F)nn1. The Labute approximate surface area is 148 Å². The van der Waals surface area contributed by atoms with Crippen LogP contribution in [0.5, 0.6) is 5.88 Å². The molecule has 2 heterocycles. The van der Waals surface area contributed by atoms with Gasteiger partial charge in [0.1, 0.15) is 5.25 Å². The monoisotopic (exact) mass is 387 g/mol. The fraction of sp³-hybridized carbons (Fsp3) is 0.375. The zero-order valence-electron chi connectivity index (χ0n) is 13.6. The van der Waals surface area contributed by atoms with E-state index in [0.717, 1.165) is 5.56 Å². The first-order valence-corrected chi connectivity index (χ1v) is 9.32. The molecule has 26 heavy (non-hydrogen) atoms. The lowest BCUT2D eigenvalue weighted by atomic mass is 10.1. The smallest absolute Gasteiger partial charge is 0.422 e. The molecule has 1 atom stereocenters. The Bertz CT molecular complexity index is 843. The molecule has 10 heteroatoms. The third-order valence-corrected chi connectivity index (χ3v) is 6.21. The minimum absolute atomic E-state index is 0.0121. The summed E-state index contributed by atoms with van der Waals surface area (Å²) in [6, 6.07) is 11.6. The van der Waals surface area contributed by atoms with Crippen LogP contribution in [0.3, 0.4) is 0 Å². The van der Waals surface area contributed by atoms with E-state index in [0.29, 0.717) is 18.7 Å². The van der Waals surface area contributed by atoms with Gasteiger partial charge in [-0.1, -0.05) is 30.3 Å². The third kappa shape index (κ3) is 4.31. The van der Waals surface area contributed by atoms with Crippen molar-refractivity contribution < 1.29 is 26.3 Å². The molecule has 140 valence electrons. The first kappa shape index (κ1) is 18.6. The Morgan fingerprint density at radius 2 is 1.85 bits per heavy atom. The average Bonchev–Trinajstić information content (AvgIpc) is 2.89. The van der Waals surface area contributed by atoms with Crippen LogP contribution in [0.25, 0.3) is 0 Å². The zero-order valence-corrected chi connectivity index (χ0v) is 14.4. The van der Waals surface area contributed by atoms with Gasteiger partial charge in [0.2, 0.25) is 15.9 Å².